The fourth-order valence-electron chi connectivity index (χ4n) is 2.70. The van der Waals surface area contributed by atoms with Gasteiger partial charge in [-0.15, -0.1) is 10.2 Å². The molecule has 0 aliphatic carbocycles. The number of nitrogens with zero attached hydrogens (tertiary/aromatic N) is 4. The summed E-state index contributed by atoms with van der Waals surface area (Å²) >= 11 is 1.24. The minimum Gasteiger partial charge on any atom is -0.378 e. The summed E-state index contributed by atoms with van der Waals surface area (Å²) < 4.78 is 7.40. The van der Waals surface area contributed by atoms with Crippen LogP contribution in [0.3, 0.4) is 0 Å². The largest absolute Gasteiger partial charge is 0.378 e. The fourth-order valence-corrected chi connectivity index (χ4v) is 3.55. The lowest BCUT2D eigenvalue weighted by Gasteiger charge is -2.28. The number of thioether (sulfide) groups is 1. The number of ether oxygens (including phenoxy) is 1. The summed E-state index contributed by atoms with van der Waals surface area (Å²) in [6, 6.07) is 9.10. The van der Waals surface area contributed by atoms with Crippen molar-refractivity contribution in [2.45, 2.75) is 23.9 Å². The molecule has 1 aromatic heterocycles. The van der Waals surface area contributed by atoms with Crippen molar-refractivity contribution in [3.63, 3.8) is 0 Å². The zero-order valence-electron chi connectivity index (χ0n) is 15.0. The highest BCUT2D eigenvalue weighted by Crippen LogP contribution is 2.27. The van der Waals surface area contributed by atoms with Gasteiger partial charge in [0.25, 0.3) is 0 Å². The van der Waals surface area contributed by atoms with Crippen molar-refractivity contribution in [2.24, 2.45) is 5.73 Å². The number of imide groups is 1. The second kappa shape index (κ2) is 8.87. The van der Waals surface area contributed by atoms with E-state index in [1.54, 1.807) is 6.92 Å². The molecule has 3 N–H and O–H groups in total. The second-order valence-electron chi connectivity index (χ2n) is 6.07. The summed E-state index contributed by atoms with van der Waals surface area (Å²) in [7, 11) is 0. The molecule has 2 heterocycles. The number of carbonyl (C=O) groups is 2. The van der Waals surface area contributed by atoms with Gasteiger partial charge >= 0.3 is 6.03 Å². The molecule has 0 bridgehead atoms. The van der Waals surface area contributed by atoms with E-state index in [9.17, 15) is 9.59 Å². The summed E-state index contributed by atoms with van der Waals surface area (Å²) in [5, 5.41) is 10.8. The summed E-state index contributed by atoms with van der Waals surface area (Å²) in [5.74, 6) is 0.279. The van der Waals surface area contributed by atoms with Gasteiger partial charge in [-0.05, 0) is 12.5 Å². The number of urea groups is 1. The number of nitrogens with two attached hydrogens (primary N) is 1. The highest BCUT2D eigenvalue weighted by molar-refractivity contribution is 8.00. The first-order chi connectivity index (χ1) is 13.0. The third-order valence-electron chi connectivity index (χ3n) is 4.07. The second-order valence-corrected chi connectivity index (χ2v) is 7.38. The molecule has 2 aromatic rings. The number of benzene rings is 1. The third kappa shape index (κ3) is 4.98. The van der Waals surface area contributed by atoms with Gasteiger partial charge in [0.05, 0.1) is 25.0 Å². The van der Waals surface area contributed by atoms with Gasteiger partial charge in [-0.3, -0.25) is 14.7 Å². The van der Waals surface area contributed by atoms with Crippen LogP contribution in [0.4, 0.5) is 10.7 Å². The van der Waals surface area contributed by atoms with E-state index < -0.39 is 17.2 Å². The molecular formula is C17H22N6O3S. The van der Waals surface area contributed by atoms with Crippen molar-refractivity contribution < 1.29 is 14.3 Å². The Labute approximate surface area is 161 Å². The van der Waals surface area contributed by atoms with Gasteiger partial charge in [-0.25, -0.2) is 4.79 Å². The van der Waals surface area contributed by atoms with Gasteiger partial charge < -0.3 is 15.4 Å². The van der Waals surface area contributed by atoms with Crippen LogP contribution in [0, 0.1) is 0 Å². The highest BCUT2D eigenvalue weighted by atomic mass is 32.2. The van der Waals surface area contributed by atoms with E-state index in [1.807, 2.05) is 34.9 Å². The number of anilines is 1. The highest BCUT2D eigenvalue weighted by Gasteiger charge is 2.24. The summed E-state index contributed by atoms with van der Waals surface area (Å²) in [4.78, 5) is 25.1. The Hall–Kier alpha value is -2.59. The van der Waals surface area contributed by atoms with E-state index in [0.717, 1.165) is 24.6 Å². The molecule has 0 spiro atoms. The Morgan fingerprint density at radius 3 is 2.63 bits per heavy atom. The predicted molar refractivity (Wildman–Crippen MR) is 102 cm³/mol. The molecule has 1 atom stereocenters. The summed E-state index contributed by atoms with van der Waals surface area (Å²) in [6.07, 6.45) is 0. The molecule has 1 saturated heterocycles. The predicted octanol–water partition coefficient (Wildman–Crippen LogP) is 0.838. The van der Waals surface area contributed by atoms with Gasteiger partial charge in [-0.1, -0.05) is 42.1 Å². The maximum Gasteiger partial charge on any atom is 0.318 e. The number of nitrogens with one attached hydrogen (secondary N) is 1. The molecule has 10 heteroatoms. The zero-order valence-corrected chi connectivity index (χ0v) is 15.8. The normalized spacial score (nSPS) is 15.4. The number of carbonyl (C=O) groups excluding carboxylic acids is 2. The van der Waals surface area contributed by atoms with Crippen LogP contribution in [0.25, 0.3) is 0 Å². The van der Waals surface area contributed by atoms with E-state index >= 15 is 0 Å². The van der Waals surface area contributed by atoms with Crippen molar-refractivity contribution in [1.29, 1.82) is 0 Å². The Morgan fingerprint density at radius 2 is 1.96 bits per heavy atom. The van der Waals surface area contributed by atoms with Crippen LogP contribution in [0.2, 0.25) is 0 Å². The van der Waals surface area contributed by atoms with Crippen LogP contribution in [-0.4, -0.2) is 58.3 Å². The number of hydrogen-bond acceptors (Lipinski definition) is 7. The van der Waals surface area contributed by atoms with Crippen molar-refractivity contribution in [1.82, 2.24) is 20.1 Å². The maximum absolute atomic E-state index is 12.0. The molecule has 1 fully saturated rings. The van der Waals surface area contributed by atoms with Crippen molar-refractivity contribution in [3.8, 4) is 0 Å². The topological polar surface area (TPSA) is 115 Å². The van der Waals surface area contributed by atoms with Gasteiger partial charge in [0.1, 0.15) is 0 Å². The number of amides is 3. The van der Waals surface area contributed by atoms with Crippen LogP contribution in [0.5, 0.6) is 0 Å². The minimum atomic E-state index is -0.868. The molecule has 1 aliphatic heterocycles. The molecule has 3 rings (SSSR count). The average Bonchev–Trinajstić information content (AvgIpc) is 3.05. The van der Waals surface area contributed by atoms with E-state index in [2.05, 4.69) is 20.4 Å². The van der Waals surface area contributed by atoms with Crippen LogP contribution < -0.4 is 16.0 Å². The summed E-state index contributed by atoms with van der Waals surface area (Å²) in [5.41, 5.74) is 6.13. The van der Waals surface area contributed by atoms with Crippen LogP contribution in [0.15, 0.2) is 35.5 Å². The lowest BCUT2D eigenvalue weighted by Crippen LogP contribution is -2.39. The Kier molecular flexibility index (Phi) is 6.30. The monoisotopic (exact) mass is 390 g/mol. The lowest BCUT2D eigenvalue weighted by atomic mass is 10.2. The Balaban J connectivity index is 1.85. The van der Waals surface area contributed by atoms with E-state index in [0.29, 0.717) is 24.9 Å². The molecule has 3 amide bonds. The number of hydrogen-bond donors (Lipinski definition) is 2. The molecule has 0 unspecified atom stereocenters. The zero-order chi connectivity index (χ0) is 19.2. The number of morpholine rings is 1. The first kappa shape index (κ1) is 19.2. The van der Waals surface area contributed by atoms with Crippen LogP contribution in [0.1, 0.15) is 12.5 Å². The smallest absolute Gasteiger partial charge is 0.318 e. The molecule has 0 radical (unpaired) electrons. The van der Waals surface area contributed by atoms with Crippen molar-refractivity contribution in [2.75, 3.05) is 31.2 Å². The fraction of sp³-hybridized carbons (Fsp3) is 0.412. The first-order valence-corrected chi connectivity index (χ1v) is 9.49. The average molecular weight is 390 g/mol. The van der Waals surface area contributed by atoms with Gasteiger partial charge in [0.2, 0.25) is 11.9 Å². The SMILES string of the molecule is C[C@@H](Sc1nnc(N2CCOCC2)n1Cc1ccccc1)C(=O)NC(N)=O. The van der Waals surface area contributed by atoms with Crippen molar-refractivity contribution >= 4 is 29.6 Å². The van der Waals surface area contributed by atoms with Crippen LogP contribution in [-0.2, 0) is 16.1 Å². The van der Waals surface area contributed by atoms with E-state index in [-0.39, 0.29) is 0 Å². The summed E-state index contributed by atoms with van der Waals surface area (Å²) in [6.45, 7) is 5.01. The molecule has 9 nitrogen and oxygen atoms in total. The van der Waals surface area contributed by atoms with Gasteiger partial charge in [-0.2, -0.15) is 0 Å². The maximum atomic E-state index is 12.0. The molecule has 144 valence electrons. The molecule has 1 aromatic carbocycles. The molecule has 1 aliphatic rings. The lowest BCUT2D eigenvalue weighted by molar-refractivity contribution is -0.119. The van der Waals surface area contributed by atoms with Gasteiger partial charge in [0, 0.05) is 13.1 Å². The third-order valence-corrected chi connectivity index (χ3v) is 5.15. The minimum absolute atomic E-state index is 0.463. The van der Waals surface area contributed by atoms with E-state index in [4.69, 9.17) is 10.5 Å². The first-order valence-electron chi connectivity index (χ1n) is 8.61. The van der Waals surface area contributed by atoms with Crippen molar-refractivity contribution in [3.05, 3.63) is 35.9 Å². The van der Waals surface area contributed by atoms with E-state index in [1.165, 1.54) is 11.8 Å². The standard InChI is InChI=1S/C17H22N6O3S/c1-12(14(24)19-15(18)25)27-17-21-20-16(22-7-9-26-10-8-22)23(17)11-13-5-3-2-4-6-13/h2-6,12H,7-11H2,1H3,(H3,18,19,24,25)/t12-/m1/s1. The molecule has 27 heavy (non-hydrogen) atoms. The molecular weight excluding hydrogens is 368 g/mol. The Bertz CT molecular complexity index is 791. The Morgan fingerprint density at radius 1 is 1.26 bits per heavy atom. The number of rotatable bonds is 6. The number of aromatic nitrogens is 3. The number of primary amides is 1. The quantitative estimate of drug-likeness (QED) is 0.702. The van der Waals surface area contributed by atoms with Crippen LogP contribution >= 0.6 is 11.8 Å². The molecule has 0 saturated carbocycles. The van der Waals surface area contributed by atoms with Gasteiger partial charge in [0.15, 0.2) is 5.16 Å².